The van der Waals surface area contributed by atoms with Crippen LogP contribution in [0.3, 0.4) is 0 Å². The third kappa shape index (κ3) is 2.20. The first-order valence-electron chi connectivity index (χ1n) is 4.96. The lowest BCUT2D eigenvalue weighted by Gasteiger charge is -2.17. The summed E-state index contributed by atoms with van der Waals surface area (Å²) in [5, 5.41) is 13.6. The van der Waals surface area contributed by atoms with Crippen molar-refractivity contribution >= 4 is 17.3 Å². The molecule has 0 amide bonds. The van der Waals surface area contributed by atoms with Crippen molar-refractivity contribution in [3.05, 3.63) is 29.3 Å². The third-order valence-electron chi connectivity index (χ3n) is 2.66. The minimum Gasteiger partial charge on any atom is -0.391 e. The highest BCUT2D eigenvalue weighted by Crippen LogP contribution is 2.24. The maximum Gasteiger partial charge on any atom is 0.0741 e. The van der Waals surface area contributed by atoms with Crippen LogP contribution in [-0.2, 0) is 0 Å². The molecule has 2 nitrogen and oxygen atoms in total. The standard InChI is InChI=1S/C11H14ClNO/c12-8-3-1-4-9(7-8)13-10-5-2-6-11(10)14/h1,3-4,7,10-11,13-14H,2,5-6H2/t10?,11-/m0/s1. The predicted octanol–water partition coefficient (Wildman–Crippen LogP) is 2.67. The van der Waals surface area contributed by atoms with Crippen LogP contribution in [0.15, 0.2) is 24.3 Å². The van der Waals surface area contributed by atoms with Gasteiger partial charge in [0.2, 0.25) is 0 Å². The molecule has 14 heavy (non-hydrogen) atoms. The molecule has 1 aliphatic rings. The van der Waals surface area contributed by atoms with Crippen molar-refractivity contribution in [2.45, 2.75) is 31.4 Å². The molecule has 0 aliphatic heterocycles. The van der Waals surface area contributed by atoms with E-state index in [4.69, 9.17) is 11.6 Å². The molecule has 1 fully saturated rings. The Kier molecular flexibility index (Phi) is 2.94. The fourth-order valence-electron chi connectivity index (χ4n) is 1.90. The second-order valence-electron chi connectivity index (χ2n) is 3.76. The van der Waals surface area contributed by atoms with Gasteiger partial charge in [0, 0.05) is 10.7 Å². The molecule has 2 N–H and O–H groups in total. The molecule has 1 aromatic carbocycles. The van der Waals surface area contributed by atoms with E-state index < -0.39 is 0 Å². The molecule has 0 bridgehead atoms. The molecule has 0 aromatic heterocycles. The van der Waals surface area contributed by atoms with Gasteiger partial charge in [-0.05, 0) is 37.5 Å². The SMILES string of the molecule is O[C@H]1CCCC1Nc1cccc(Cl)c1. The van der Waals surface area contributed by atoms with Crippen LogP contribution in [0.2, 0.25) is 5.02 Å². The van der Waals surface area contributed by atoms with E-state index >= 15 is 0 Å². The Morgan fingerprint density at radius 2 is 2.21 bits per heavy atom. The van der Waals surface area contributed by atoms with Crippen LogP contribution in [0, 0.1) is 0 Å². The molecular weight excluding hydrogens is 198 g/mol. The summed E-state index contributed by atoms with van der Waals surface area (Å²) in [4.78, 5) is 0. The molecule has 1 unspecified atom stereocenters. The van der Waals surface area contributed by atoms with Crippen molar-refractivity contribution in [2.75, 3.05) is 5.32 Å². The summed E-state index contributed by atoms with van der Waals surface area (Å²) < 4.78 is 0. The molecule has 0 radical (unpaired) electrons. The number of anilines is 1. The predicted molar refractivity (Wildman–Crippen MR) is 58.7 cm³/mol. The van der Waals surface area contributed by atoms with E-state index in [2.05, 4.69) is 5.32 Å². The Labute approximate surface area is 88.9 Å². The van der Waals surface area contributed by atoms with Gasteiger partial charge in [-0.15, -0.1) is 0 Å². The summed E-state index contributed by atoms with van der Waals surface area (Å²) in [5.74, 6) is 0. The van der Waals surface area contributed by atoms with Crippen molar-refractivity contribution < 1.29 is 5.11 Å². The van der Waals surface area contributed by atoms with Crippen LogP contribution >= 0.6 is 11.6 Å². The Bertz CT molecular complexity index is 316. The van der Waals surface area contributed by atoms with E-state index in [0.717, 1.165) is 30.0 Å². The number of nitrogens with one attached hydrogen (secondary N) is 1. The quantitative estimate of drug-likeness (QED) is 0.789. The first-order valence-corrected chi connectivity index (χ1v) is 5.34. The average molecular weight is 212 g/mol. The zero-order valence-corrected chi connectivity index (χ0v) is 8.67. The lowest BCUT2D eigenvalue weighted by atomic mass is 10.2. The lowest BCUT2D eigenvalue weighted by molar-refractivity contribution is 0.172. The molecule has 0 spiro atoms. The lowest BCUT2D eigenvalue weighted by Crippen LogP contribution is -2.27. The fraction of sp³-hybridized carbons (Fsp3) is 0.455. The molecule has 1 saturated carbocycles. The van der Waals surface area contributed by atoms with E-state index in [0.29, 0.717) is 0 Å². The second-order valence-corrected chi connectivity index (χ2v) is 4.20. The summed E-state index contributed by atoms with van der Waals surface area (Å²) >= 11 is 5.86. The molecule has 2 rings (SSSR count). The van der Waals surface area contributed by atoms with Gasteiger partial charge in [0.1, 0.15) is 0 Å². The van der Waals surface area contributed by atoms with Gasteiger partial charge in [-0.25, -0.2) is 0 Å². The summed E-state index contributed by atoms with van der Waals surface area (Å²) in [6.45, 7) is 0. The van der Waals surface area contributed by atoms with E-state index in [1.165, 1.54) is 0 Å². The molecule has 0 heterocycles. The normalized spacial score (nSPS) is 26.4. The minimum absolute atomic E-state index is 0.188. The molecule has 1 aliphatic carbocycles. The van der Waals surface area contributed by atoms with Crippen molar-refractivity contribution in [3.8, 4) is 0 Å². The van der Waals surface area contributed by atoms with Crippen LogP contribution in [0.1, 0.15) is 19.3 Å². The minimum atomic E-state index is -0.214. The van der Waals surface area contributed by atoms with Crippen LogP contribution in [0.4, 0.5) is 5.69 Å². The molecule has 0 saturated heterocycles. The fourth-order valence-corrected chi connectivity index (χ4v) is 2.09. The smallest absolute Gasteiger partial charge is 0.0741 e. The Morgan fingerprint density at radius 1 is 1.36 bits per heavy atom. The zero-order chi connectivity index (χ0) is 9.97. The molecule has 1 aromatic rings. The summed E-state index contributed by atoms with van der Waals surface area (Å²) in [7, 11) is 0. The van der Waals surface area contributed by atoms with Gasteiger partial charge < -0.3 is 10.4 Å². The largest absolute Gasteiger partial charge is 0.391 e. The van der Waals surface area contributed by atoms with Crippen LogP contribution in [-0.4, -0.2) is 17.3 Å². The van der Waals surface area contributed by atoms with Gasteiger partial charge in [0.25, 0.3) is 0 Å². The van der Waals surface area contributed by atoms with Gasteiger partial charge in [-0.3, -0.25) is 0 Å². The second kappa shape index (κ2) is 4.20. The van der Waals surface area contributed by atoms with Gasteiger partial charge in [-0.2, -0.15) is 0 Å². The average Bonchev–Trinajstić information content (AvgIpc) is 2.52. The molecule has 76 valence electrons. The molecular formula is C11H14ClNO. The topological polar surface area (TPSA) is 32.3 Å². The molecule has 2 atom stereocenters. The Morgan fingerprint density at radius 3 is 2.86 bits per heavy atom. The number of hydrogen-bond donors (Lipinski definition) is 2. The number of hydrogen-bond acceptors (Lipinski definition) is 2. The van der Waals surface area contributed by atoms with E-state index in [9.17, 15) is 5.11 Å². The number of halogens is 1. The highest BCUT2D eigenvalue weighted by Gasteiger charge is 2.24. The van der Waals surface area contributed by atoms with Crippen molar-refractivity contribution in [3.63, 3.8) is 0 Å². The zero-order valence-electron chi connectivity index (χ0n) is 7.91. The third-order valence-corrected chi connectivity index (χ3v) is 2.89. The number of benzene rings is 1. The summed E-state index contributed by atoms with van der Waals surface area (Å²) in [6.07, 6.45) is 2.82. The number of aliphatic hydroxyl groups excluding tert-OH is 1. The highest BCUT2D eigenvalue weighted by molar-refractivity contribution is 6.30. The number of aliphatic hydroxyl groups is 1. The van der Waals surface area contributed by atoms with Gasteiger partial charge >= 0.3 is 0 Å². The Hall–Kier alpha value is -0.730. The first-order chi connectivity index (χ1) is 6.75. The number of rotatable bonds is 2. The van der Waals surface area contributed by atoms with Crippen LogP contribution in [0.25, 0.3) is 0 Å². The van der Waals surface area contributed by atoms with Crippen molar-refractivity contribution in [1.29, 1.82) is 0 Å². The van der Waals surface area contributed by atoms with Crippen LogP contribution < -0.4 is 5.32 Å². The molecule has 3 heteroatoms. The Balaban J connectivity index is 2.03. The monoisotopic (exact) mass is 211 g/mol. The van der Waals surface area contributed by atoms with Crippen LogP contribution in [0.5, 0.6) is 0 Å². The van der Waals surface area contributed by atoms with Gasteiger partial charge in [0.05, 0.1) is 12.1 Å². The maximum atomic E-state index is 9.62. The van der Waals surface area contributed by atoms with Gasteiger partial charge in [-0.1, -0.05) is 17.7 Å². The maximum absolute atomic E-state index is 9.62. The van der Waals surface area contributed by atoms with E-state index in [1.54, 1.807) is 0 Å². The van der Waals surface area contributed by atoms with Gasteiger partial charge in [0.15, 0.2) is 0 Å². The summed E-state index contributed by atoms with van der Waals surface area (Å²) in [6, 6.07) is 7.79. The highest BCUT2D eigenvalue weighted by atomic mass is 35.5. The van der Waals surface area contributed by atoms with Crippen molar-refractivity contribution in [2.24, 2.45) is 0 Å². The van der Waals surface area contributed by atoms with Crippen molar-refractivity contribution in [1.82, 2.24) is 0 Å². The van der Waals surface area contributed by atoms with E-state index in [1.807, 2.05) is 24.3 Å². The summed E-state index contributed by atoms with van der Waals surface area (Å²) in [5.41, 5.74) is 0.989. The first kappa shape index (κ1) is 9.81. The van der Waals surface area contributed by atoms with E-state index in [-0.39, 0.29) is 12.1 Å².